The van der Waals surface area contributed by atoms with Gasteiger partial charge in [0.25, 0.3) is 0 Å². The first-order chi connectivity index (χ1) is 8.60. The van der Waals surface area contributed by atoms with E-state index in [1.807, 2.05) is 0 Å². The number of rotatable bonds is 3. The van der Waals surface area contributed by atoms with Crippen molar-refractivity contribution in [3.63, 3.8) is 0 Å². The molecule has 1 aromatic heterocycles. The van der Waals surface area contributed by atoms with Crippen molar-refractivity contribution in [2.24, 2.45) is 0 Å². The molecule has 0 aliphatic carbocycles. The molecule has 2 rings (SSSR count). The van der Waals surface area contributed by atoms with Crippen molar-refractivity contribution < 1.29 is 19.4 Å². The standard InChI is InChI=1S/C12H10ClNO4/c1-17-7-5-8(18-2)11-9(10(7)13)6(12(15)16)3-4-14-11/h3-5H,1-2H3,(H,15,16). The quantitative estimate of drug-likeness (QED) is 0.926. The summed E-state index contributed by atoms with van der Waals surface area (Å²) in [6, 6.07) is 2.96. The van der Waals surface area contributed by atoms with Crippen LogP contribution in [0, 0.1) is 0 Å². The molecule has 94 valence electrons. The smallest absolute Gasteiger partial charge is 0.336 e. The fraction of sp³-hybridized carbons (Fsp3) is 0.167. The largest absolute Gasteiger partial charge is 0.495 e. The van der Waals surface area contributed by atoms with Crippen LogP contribution < -0.4 is 9.47 Å². The van der Waals surface area contributed by atoms with E-state index in [4.69, 9.17) is 26.2 Å². The highest BCUT2D eigenvalue weighted by Crippen LogP contribution is 2.39. The number of aromatic carboxylic acids is 1. The van der Waals surface area contributed by atoms with Gasteiger partial charge in [0.2, 0.25) is 0 Å². The summed E-state index contributed by atoms with van der Waals surface area (Å²) in [6.45, 7) is 0. The van der Waals surface area contributed by atoms with Gasteiger partial charge in [0, 0.05) is 17.6 Å². The highest BCUT2D eigenvalue weighted by molar-refractivity contribution is 6.38. The van der Waals surface area contributed by atoms with E-state index in [9.17, 15) is 4.79 Å². The van der Waals surface area contributed by atoms with E-state index in [-0.39, 0.29) is 10.6 Å². The van der Waals surface area contributed by atoms with Crippen molar-refractivity contribution in [3.8, 4) is 11.5 Å². The summed E-state index contributed by atoms with van der Waals surface area (Å²) in [5, 5.41) is 9.68. The molecule has 1 aromatic carbocycles. The van der Waals surface area contributed by atoms with Gasteiger partial charge in [-0.15, -0.1) is 0 Å². The van der Waals surface area contributed by atoms with Gasteiger partial charge in [-0.05, 0) is 6.07 Å². The Bertz CT molecular complexity index is 627. The summed E-state index contributed by atoms with van der Waals surface area (Å²) in [5.74, 6) is -0.328. The van der Waals surface area contributed by atoms with Crippen molar-refractivity contribution in [2.75, 3.05) is 14.2 Å². The number of benzene rings is 1. The third kappa shape index (κ3) is 1.82. The van der Waals surface area contributed by atoms with Gasteiger partial charge in [-0.1, -0.05) is 11.6 Å². The summed E-state index contributed by atoms with van der Waals surface area (Å²) >= 11 is 6.14. The van der Waals surface area contributed by atoms with Crippen LogP contribution in [-0.2, 0) is 0 Å². The molecule has 0 spiro atoms. The van der Waals surface area contributed by atoms with Crippen molar-refractivity contribution in [2.45, 2.75) is 0 Å². The Kier molecular flexibility index (Phi) is 3.25. The summed E-state index contributed by atoms with van der Waals surface area (Å²) in [6.07, 6.45) is 1.40. The molecule has 0 aliphatic heterocycles. The van der Waals surface area contributed by atoms with Crippen LogP contribution in [0.5, 0.6) is 11.5 Å². The second kappa shape index (κ2) is 4.70. The summed E-state index contributed by atoms with van der Waals surface area (Å²) in [4.78, 5) is 15.3. The molecule has 1 heterocycles. The summed E-state index contributed by atoms with van der Waals surface area (Å²) < 4.78 is 10.3. The van der Waals surface area contributed by atoms with Crippen molar-refractivity contribution in [1.82, 2.24) is 4.98 Å². The number of hydrogen-bond donors (Lipinski definition) is 1. The molecule has 0 radical (unpaired) electrons. The van der Waals surface area contributed by atoms with Crippen LogP contribution in [-0.4, -0.2) is 30.3 Å². The summed E-state index contributed by atoms with van der Waals surface area (Å²) in [7, 11) is 2.92. The molecule has 0 saturated heterocycles. The minimum absolute atomic E-state index is 0.0576. The first-order valence-corrected chi connectivity index (χ1v) is 5.40. The number of carbonyl (C=O) groups is 1. The Morgan fingerprint density at radius 2 is 2.00 bits per heavy atom. The number of methoxy groups -OCH3 is 2. The van der Waals surface area contributed by atoms with Crippen molar-refractivity contribution in [1.29, 1.82) is 0 Å². The monoisotopic (exact) mass is 267 g/mol. The SMILES string of the molecule is COc1cc(OC)c2nccc(C(=O)O)c2c1Cl. The molecular weight excluding hydrogens is 258 g/mol. The van der Waals surface area contributed by atoms with E-state index in [0.717, 1.165) is 0 Å². The fourth-order valence-electron chi connectivity index (χ4n) is 1.73. The highest BCUT2D eigenvalue weighted by atomic mass is 35.5. The van der Waals surface area contributed by atoms with E-state index in [1.54, 1.807) is 6.07 Å². The summed E-state index contributed by atoms with van der Waals surface area (Å²) in [5.41, 5.74) is 0.449. The average Bonchev–Trinajstić information content (AvgIpc) is 2.38. The molecule has 2 aromatic rings. The van der Waals surface area contributed by atoms with Gasteiger partial charge in [0.05, 0.1) is 24.8 Å². The molecule has 0 saturated carbocycles. The maximum absolute atomic E-state index is 11.2. The predicted octanol–water partition coefficient (Wildman–Crippen LogP) is 2.60. The van der Waals surface area contributed by atoms with Crippen molar-refractivity contribution >= 4 is 28.5 Å². The zero-order valence-electron chi connectivity index (χ0n) is 9.73. The third-order valence-corrected chi connectivity index (χ3v) is 2.93. The highest BCUT2D eigenvalue weighted by Gasteiger charge is 2.19. The van der Waals surface area contributed by atoms with E-state index < -0.39 is 5.97 Å². The van der Waals surface area contributed by atoms with Crippen LogP contribution in [0.25, 0.3) is 10.9 Å². The van der Waals surface area contributed by atoms with E-state index >= 15 is 0 Å². The topological polar surface area (TPSA) is 68.7 Å². The second-order valence-electron chi connectivity index (χ2n) is 3.48. The number of halogens is 1. The number of nitrogens with zero attached hydrogens (tertiary/aromatic N) is 1. The lowest BCUT2D eigenvalue weighted by atomic mass is 10.1. The van der Waals surface area contributed by atoms with Gasteiger partial charge in [-0.2, -0.15) is 0 Å². The molecular formula is C12H10ClNO4. The lowest BCUT2D eigenvalue weighted by molar-refractivity contribution is 0.0699. The molecule has 1 N–H and O–H groups in total. The Labute approximate surface area is 108 Å². The Balaban J connectivity index is 2.95. The number of pyridine rings is 1. The van der Waals surface area contributed by atoms with Crippen LogP contribution in [0.2, 0.25) is 5.02 Å². The number of aromatic nitrogens is 1. The molecule has 5 nitrogen and oxygen atoms in total. The minimum Gasteiger partial charge on any atom is -0.495 e. The molecule has 0 unspecified atom stereocenters. The van der Waals surface area contributed by atoms with Gasteiger partial charge in [-0.3, -0.25) is 4.98 Å². The first kappa shape index (κ1) is 12.4. The second-order valence-corrected chi connectivity index (χ2v) is 3.86. The lowest BCUT2D eigenvalue weighted by Gasteiger charge is -2.12. The molecule has 0 fully saturated rings. The lowest BCUT2D eigenvalue weighted by Crippen LogP contribution is -2.01. The van der Waals surface area contributed by atoms with Gasteiger partial charge in [0.15, 0.2) is 0 Å². The Hall–Kier alpha value is -2.01. The van der Waals surface area contributed by atoms with Crippen LogP contribution in [0.4, 0.5) is 0 Å². The van der Waals surface area contributed by atoms with Gasteiger partial charge >= 0.3 is 5.97 Å². The van der Waals surface area contributed by atoms with Crippen LogP contribution in [0.3, 0.4) is 0 Å². The maximum Gasteiger partial charge on any atom is 0.336 e. The van der Waals surface area contributed by atoms with Gasteiger partial charge < -0.3 is 14.6 Å². The Morgan fingerprint density at radius 3 is 2.56 bits per heavy atom. The normalized spacial score (nSPS) is 10.4. The fourth-order valence-corrected chi connectivity index (χ4v) is 2.05. The molecule has 6 heteroatoms. The van der Waals surface area contributed by atoms with Gasteiger partial charge in [-0.25, -0.2) is 4.79 Å². The number of carboxylic acid groups (broad SMARTS) is 1. The first-order valence-electron chi connectivity index (χ1n) is 5.02. The number of carboxylic acids is 1. The Morgan fingerprint density at radius 1 is 1.33 bits per heavy atom. The molecule has 0 aliphatic rings. The van der Waals surface area contributed by atoms with E-state index in [1.165, 1.54) is 26.5 Å². The van der Waals surface area contributed by atoms with Crippen LogP contribution in [0.1, 0.15) is 10.4 Å². The molecule has 0 amide bonds. The molecule has 0 atom stereocenters. The number of fused-ring (bicyclic) bond motifs is 1. The zero-order chi connectivity index (χ0) is 13.3. The number of ether oxygens (including phenoxy) is 2. The van der Waals surface area contributed by atoms with Gasteiger partial charge in [0.1, 0.15) is 17.0 Å². The minimum atomic E-state index is -1.08. The van der Waals surface area contributed by atoms with E-state index in [0.29, 0.717) is 22.4 Å². The number of hydrogen-bond acceptors (Lipinski definition) is 4. The van der Waals surface area contributed by atoms with Crippen LogP contribution in [0.15, 0.2) is 18.3 Å². The molecule has 0 bridgehead atoms. The van der Waals surface area contributed by atoms with Crippen molar-refractivity contribution in [3.05, 3.63) is 28.9 Å². The predicted molar refractivity (Wildman–Crippen MR) is 66.8 cm³/mol. The van der Waals surface area contributed by atoms with Crippen LogP contribution >= 0.6 is 11.6 Å². The molecule has 18 heavy (non-hydrogen) atoms. The average molecular weight is 268 g/mol. The maximum atomic E-state index is 11.2. The van der Waals surface area contributed by atoms with E-state index in [2.05, 4.69) is 4.98 Å². The third-order valence-electron chi connectivity index (χ3n) is 2.55. The zero-order valence-corrected chi connectivity index (χ0v) is 10.5.